The average Bonchev–Trinajstić information content (AvgIpc) is 2.86. The fourth-order valence-corrected chi connectivity index (χ4v) is 3.67. The van der Waals surface area contributed by atoms with Crippen molar-refractivity contribution >= 4 is 5.69 Å². The molecule has 1 heterocycles. The molecule has 0 bridgehead atoms. The molecule has 3 rings (SSSR count). The van der Waals surface area contributed by atoms with E-state index in [0.29, 0.717) is 17.7 Å². The average molecular weight is 324 g/mol. The summed E-state index contributed by atoms with van der Waals surface area (Å²) in [7, 11) is 0. The molecule has 0 amide bonds. The summed E-state index contributed by atoms with van der Waals surface area (Å²) < 4.78 is 0. The van der Waals surface area contributed by atoms with Crippen molar-refractivity contribution in [1.82, 2.24) is 5.32 Å². The highest BCUT2D eigenvalue weighted by Gasteiger charge is 2.37. The van der Waals surface area contributed by atoms with Gasteiger partial charge in [0.1, 0.15) is 5.75 Å². The number of nitrogens with zero attached hydrogens (tertiary/aromatic N) is 1. The van der Waals surface area contributed by atoms with Crippen molar-refractivity contribution in [3.8, 4) is 5.75 Å². The van der Waals surface area contributed by atoms with E-state index >= 15 is 0 Å². The highest BCUT2D eigenvalue weighted by Crippen LogP contribution is 2.43. The summed E-state index contributed by atoms with van der Waals surface area (Å²) in [5, 5.41) is 13.7. The molecule has 24 heavy (non-hydrogen) atoms. The SMILES string of the molecule is CCC1C(NCC(C)C)c2cc(O)ccc2N1Cc1ccccc1. The van der Waals surface area contributed by atoms with Gasteiger partial charge in [0.25, 0.3) is 0 Å². The van der Waals surface area contributed by atoms with E-state index in [1.54, 1.807) is 6.07 Å². The molecule has 1 aliphatic rings. The zero-order chi connectivity index (χ0) is 17.1. The second-order valence-corrected chi connectivity index (χ2v) is 7.11. The van der Waals surface area contributed by atoms with Gasteiger partial charge in [0.05, 0.1) is 6.04 Å². The molecule has 3 nitrogen and oxygen atoms in total. The van der Waals surface area contributed by atoms with Crippen molar-refractivity contribution < 1.29 is 5.11 Å². The first kappa shape index (κ1) is 16.8. The molecule has 0 fully saturated rings. The van der Waals surface area contributed by atoms with E-state index in [4.69, 9.17) is 0 Å². The Balaban J connectivity index is 1.93. The van der Waals surface area contributed by atoms with E-state index in [1.165, 1.54) is 16.8 Å². The standard InChI is InChI=1S/C21H28N2O/c1-4-19-21(22-13-15(2)3)18-12-17(24)10-11-20(18)23(19)14-16-8-6-5-7-9-16/h5-12,15,19,21-22,24H,4,13-14H2,1-3H3. The predicted molar refractivity (Wildman–Crippen MR) is 100 cm³/mol. The van der Waals surface area contributed by atoms with Crippen LogP contribution in [0.1, 0.15) is 44.4 Å². The first-order chi connectivity index (χ1) is 11.6. The van der Waals surface area contributed by atoms with Crippen LogP contribution in [0.25, 0.3) is 0 Å². The van der Waals surface area contributed by atoms with E-state index in [0.717, 1.165) is 19.5 Å². The maximum atomic E-state index is 9.98. The van der Waals surface area contributed by atoms with Crippen molar-refractivity contribution in [3.63, 3.8) is 0 Å². The van der Waals surface area contributed by atoms with Crippen LogP contribution in [-0.4, -0.2) is 17.7 Å². The van der Waals surface area contributed by atoms with E-state index < -0.39 is 0 Å². The molecule has 3 heteroatoms. The first-order valence-electron chi connectivity index (χ1n) is 8.97. The molecule has 0 aromatic heterocycles. The zero-order valence-electron chi connectivity index (χ0n) is 14.9. The summed E-state index contributed by atoms with van der Waals surface area (Å²) in [6.45, 7) is 8.59. The number of phenols is 1. The largest absolute Gasteiger partial charge is 0.508 e. The second-order valence-electron chi connectivity index (χ2n) is 7.11. The molecular formula is C21H28N2O. The second kappa shape index (κ2) is 7.27. The van der Waals surface area contributed by atoms with Gasteiger partial charge in [-0.1, -0.05) is 51.1 Å². The summed E-state index contributed by atoms with van der Waals surface area (Å²) >= 11 is 0. The van der Waals surface area contributed by atoms with Crippen LogP contribution in [0.15, 0.2) is 48.5 Å². The van der Waals surface area contributed by atoms with Gasteiger partial charge in [0.2, 0.25) is 0 Å². The lowest BCUT2D eigenvalue weighted by molar-refractivity contribution is 0.407. The number of fused-ring (bicyclic) bond motifs is 1. The molecule has 128 valence electrons. The number of nitrogens with one attached hydrogen (secondary N) is 1. The minimum Gasteiger partial charge on any atom is -0.508 e. The third-order valence-electron chi connectivity index (χ3n) is 4.80. The maximum absolute atomic E-state index is 9.98. The monoisotopic (exact) mass is 324 g/mol. The van der Waals surface area contributed by atoms with Crippen molar-refractivity contribution in [3.05, 3.63) is 59.7 Å². The number of hydrogen-bond donors (Lipinski definition) is 2. The fraction of sp³-hybridized carbons (Fsp3) is 0.429. The van der Waals surface area contributed by atoms with Gasteiger partial charge < -0.3 is 15.3 Å². The molecule has 0 spiro atoms. The highest BCUT2D eigenvalue weighted by molar-refractivity contribution is 5.63. The summed E-state index contributed by atoms with van der Waals surface area (Å²) in [6.07, 6.45) is 1.07. The van der Waals surface area contributed by atoms with Crippen LogP contribution in [0, 0.1) is 5.92 Å². The number of aromatic hydroxyl groups is 1. The number of phenolic OH excluding ortho intramolecular Hbond substituents is 1. The third-order valence-corrected chi connectivity index (χ3v) is 4.80. The molecule has 2 aromatic rings. The van der Waals surface area contributed by atoms with Crippen LogP contribution in [0.4, 0.5) is 5.69 Å². The van der Waals surface area contributed by atoms with Gasteiger partial charge in [-0.25, -0.2) is 0 Å². The summed E-state index contributed by atoms with van der Waals surface area (Å²) in [5.41, 5.74) is 3.78. The fourth-order valence-electron chi connectivity index (χ4n) is 3.67. The Morgan fingerprint density at radius 2 is 1.88 bits per heavy atom. The van der Waals surface area contributed by atoms with Crippen molar-refractivity contribution in [1.29, 1.82) is 0 Å². The van der Waals surface area contributed by atoms with Crippen LogP contribution in [-0.2, 0) is 6.54 Å². The lowest BCUT2D eigenvalue weighted by Crippen LogP contribution is -2.39. The quantitative estimate of drug-likeness (QED) is 0.822. The minimum atomic E-state index is 0.267. The molecule has 0 aliphatic carbocycles. The normalized spacial score (nSPS) is 19.8. The number of rotatable bonds is 6. The first-order valence-corrected chi connectivity index (χ1v) is 8.97. The number of hydrogen-bond acceptors (Lipinski definition) is 3. The molecule has 2 N–H and O–H groups in total. The number of benzene rings is 2. The van der Waals surface area contributed by atoms with Crippen LogP contribution in [0.5, 0.6) is 5.75 Å². The van der Waals surface area contributed by atoms with Crippen LogP contribution >= 0.6 is 0 Å². The Labute approximate surface area is 145 Å². The van der Waals surface area contributed by atoms with Gasteiger partial charge in [-0.15, -0.1) is 0 Å². The molecule has 0 radical (unpaired) electrons. The Morgan fingerprint density at radius 1 is 1.12 bits per heavy atom. The van der Waals surface area contributed by atoms with E-state index in [1.807, 2.05) is 6.07 Å². The van der Waals surface area contributed by atoms with Crippen molar-refractivity contribution in [2.45, 2.75) is 45.8 Å². The minimum absolute atomic E-state index is 0.267. The lowest BCUT2D eigenvalue weighted by atomic mass is 10.0. The van der Waals surface area contributed by atoms with Gasteiger partial charge in [-0.05, 0) is 48.2 Å². The van der Waals surface area contributed by atoms with Crippen LogP contribution in [0.3, 0.4) is 0 Å². The Morgan fingerprint density at radius 3 is 2.54 bits per heavy atom. The van der Waals surface area contributed by atoms with Gasteiger partial charge in [-0.3, -0.25) is 0 Å². The molecule has 2 aromatic carbocycles. The van der Waals surface area contributed by atoms with E-state index in [9.17, 15) is 5.11 Å². The number of anilines is 1. The smallest absolute Gasteiger partial charge is 0.116 e. The molecule has 1 aliphatic heterocycles. The van der Waals surface area contributed by atoms with Gasteiger partial charge >= 0.3 is 0 Å². The Hall–Kier alpha value is -2.00. The van der Waals surface area contributed by atoms with Crippen LogP contribution < -0.4 is 10.2 Å². The third kappa shape index (κ3) is 3.41. The summed E-state index contributed by atoms with van der Waals surface area (Å²) in [6, 6.07) is 17.1. The van der Waals surface area contributed by atoms with Gasteiger partial charge in [-0.2, -0.15) is 0 Å². The summed E-state index contributed by atoms with van der Waals surface area (Å²) in [4.78, 5) is 2.49. The topological polar surface area (TPSA) is 35.5 Å². The maximum Gasteiger partial charge on any atom is 0.116 e. The lowest BCUT2D eigenvalue weighted by Gasteiger charge is -2.30. The molecule has 2 unspecified atom stereocenters. The molecular weight excluding hydrogens is 296 g/mol. The van der Waals surface area contributed by atoms with Gasteiger partial charge in [0.15, 0.2) is 0 Å². The van der Waals surface area contributed by atoms with E-state index in [2.05, 4.69) is 67.4 Å². The Kier molecular flexibility index (Phi) is 5.10. The van der Waals surface area contributed by atoms with Crippen molar-refractivity contribution in [2.75, 3.05) is 11.4 Å². The molecule has 0 saturated carbocycles. The van der Waals surface area contributed by atoms with Crippen LogP contribution in [0.2, 0.25) is 0 Å². The predicted octanol–water partition coefficient (Wildman–Crippen LogP) is 4.48. The molecule has 0 saturated heterocycles. The Bertz CT molecular complexity index is 669. The van der Waals surface area contributed by atoms with E-state index in [-0.39, 0.29) is 6.04 Å². The zero-order valence-corrected chi connectivity index (χ0v) is 14.9. The summed E-state index contributed by atoms with van der Waals surface area (Å²) in [5.74, 6) is 0.952. The molecule has 2 atom stereocenters. The van der Waals surface area contributed by atoms with Gasteiger partial charge in [0, 0.05) is 18.3 Å². The highest BCUT2D eigenvalue weighted by atomic mass is 16.3. The van der Waals surface area contributed by atoms with Crippen molar-refractivity contribution in [2.24, 2.45) is 5.92 Å².